The summed E-state index contributed by atoms with van der Waals surface area (Å²) in [5, 5.41) is 9.25. The fraction of sp³-hybridized carbons (Fsp3) is 0.364. The third kappa shape index (κ3) is 2.76. The van der Waals surface area contributed by atoms with Crippen LogP contribution in [0.1, 0.15) is 24.8 Å². The zero-order valence-corrected chi connectivity index (χ0v) is 8.40. The fourth-order valence-electron chi connectivity index (χ4n) is 1.29. The number of ether oxygens (including phenoxy) is 1. The van der Waals surface area contributed by atoms with Crippen LogP contribution in [0.4, 0.5) is 0 Å². The van der Waals surface area contributed by atoms with Gasteiger partial charge in [0.2, 0.25) is 0 Å². The highest BCUT2D eigenvalue weighted by Gasteiger charge is 2.16. The SMILES string of the molecule is COC(=[OH+])C[C@H](C)c1cccc(O)c1. The van der Waals surface area contributed by atoms with E-state index in [2.05, 4.69) is 4.74 Å². The van der Waals surface area contributed by atoms with E-state index in [-0.39, 0.29) is 17.6 Å². The number of rotatable bonds is 3. The number of hydrogen-bond acceptors (Lipinski definition) is 2. The second-order valence-electron chi connectivity index (χ2n) is 3.30. The summed E-state index contributed by atoms with van der Waals surface area (Å²) < 4.78 is 4.68. The number of phenols is 1. The molecule has 0 aliphatic carbocycles. The maximum atomic E-state index is 9.25. The topological polar surface area (TPSA) is 50.9 Å². The Kier molecular flexibility index (Phi) is 3.51. The summed E-state index contributed by atoms with van der Waals surface area (Å²) in [6, 6.07) is 7.00. The average Bonchev–Trinajstić information content (AvgIpc) is 2.17. The van der Waals surface area contributed by atoms with Crippen LogP contribution < -0.4 is 0 Å². The van der Waals surface area contributed by atoms with Gasteiger partial charge >= 0.3 is 5.97 Å². The molecule has 0 spiro atoms. The van der Waals surface area contributed by atoms with Crippen molar-refractivity contribution in [3.63, 3.8) is 0 Å². The van der Waals surface area contributed by atoms with Crippen molar-refractivity contribution in [2.45, 2.75) is 19.3 Å². The Morgan fingerprint density at radius 3 is 2.86 bits per heavy atom. The normalized spacial score (nSPS) is 12.1. The molecule has 0 aliphatic heterocycles. The van der Waals surface area contributed by atoms with E-state index < -0.39 is 0 Å². The van der Waals surface area contributed by atoms with Gasteiger partial charge < -0.3 is 14.6 Å². The molecule has 0 amide bonds. The highest BCUT2D eigenvalue weighted by Crippen LogP contribution is 2.22. The molecule has 3 nitrogen and oxygen atoms in total. The third-order valence-electron chi connectivity index (χ3n) is 2.16. The second-order valence-corrected chi connectivity index (χ2v) is 3.30. The van der Waals surface area contributed by atoms with Gasteiger partial charge in [-0.25, -0.2) is 0 Å². The largest absolute Gasteiger partial charge is 0.508 e. The molecule has 1 atom stereocenters. The van der Waals surface area contributed by atoms with Crippen molar-refractivity contribution < 1.29 is 14.6 Å². The van der Waals surface area contributed by atoms with Crippen molar-refractivity contribution in [2.24, 2.45) is 0 Å². The minimum absolute atomic E-state index is 0.0147. The number of esters is 1. The Labute approximate surface area is 83.3 Å². The number of phenolic OH excluding ortho intramolecular Hbond substituents is 1. The molecular weight excluding hydrogens is 180 g/mol. The lowest BCUT2D eigenvalue weighted by Crippen LogP contribution is -2.06. The molecule has 0 aliphatic rings. The van der Waals surface area contributed by atoms with Gasteiger partial charge in [-0.05, 0) is 23.6 Å². The van der Waals surface area contributed by atoms with Crippen LogP contribution in [0.15, 0.2) is 24.3 Å². The lowest BCUT2D eigenvalue weighted by molar-refractivity contribution is 0.335. The molecule has 0 saturated heterocycles. The molecule has 0 radical (unpaired) electrons. The summed E-state index contributed by atoms with van der Waals surface area (Å²) in [4.78, 5) is 9.19. The van der Waals surface area contributed by atoms with Crippen molar-refractivity contribution in [3.8, 4) is 5.75 Å². The molecule has 1 rings (SSSR count). The van der Waals surface area contributed by atoms with Crippen LogP contribution in [0.3, 0.4) is 0 Å². The monoisotopic (exact) mass is 195 g/mol. The average molecular weight is 195 g/mol. The first-order valence-corrected chi connectivity index (χ1v) is 4.51. The molecule has 0 bridgehead atoms. The molecular formula is C11H15O3+. The molecule has 0 aromatic heterocycles. The quantitative estimate of drug-likeness (QED) is 0.592. The van der Waals surface area contributed by atoms with Gasteiger partial charge in [0.1, 0.15) is 12.2 Å². The summed E-state index contributed by atoms with van der Waals surface area (Å²) in [5.41, 5.74) is 0.980. The standard InChI is InChI=1S/C11H14O3/c1-8(6-11(13)14-2)9-4-3-5-10(12)7-9/h3-5,7-8,12H,6H2,1-2H3/p+1/t8-/m0/s1. The van der Waals surface area contributed by atoms with E-state index in [0.29, 0.717) is 6.42 Å². The van der Waals surface area contributed by atoms with E-state index in [1.54, 1.807) is 18.2 Å². The highest BCUT2D eigenvalue weighted by molar-refractivity contribution is 5.71. The molecule has 0 unspecified atom stereocenters. The maximum absolute atomic E-state index is 9.25. The maximum Gasteiger partial charge on any atom is 0.482 e. The summed E-state index contributed by atoms with van der Waals surface area (Å²) in [5.74, 6) is 0.383. The first-order valence-electron chi connectivity index (χ1n) is 4.51. The molecule has 14 heavy (non-hydrogen) atoms. The fourth-order valence-corrected chi connectivity index (χ4v) is 1.29. The van der Waals surface area contributed by atoms with E-state index in [1.165, 1.54) is 7.11 Å². The van der Waals surface area contributed by atoms with Crippen molar-refractivity contribution >= 4 is 5.97 Å². The Hall–Kier alpha value is -1.51. The van der Waals surface area contributed by atoms with E-state index in [9.17, 15) is 9.90 Å². The zero-order valence-electron chi connectivity index (χ0n) is 8.40. The Bertz CT molecular complexity index is 320. The molecule has 0 fully saturated rings. The van der Waals surface area contributed by atoms with Gasteiger partial charge in [0.05, 0.1) is 0 Å². The van der Waals surface area contributed by atoms with Crippen LogP contribution in [-0.2, 0) is 4.74 Å². The van der Waals surface area contributed by atoms with E-state index in [0.717, 1.165) is 5.56 Å². The Balaban J connectivity index is 2.69. The first-order chi connectivity index (χ1) is 6.63. The summed E-state index contributed by atoms with van der Waals surface area (Å²) in [6.45, 7) is 1.96. The van der Waals surface area contributed by atoms with Gasteiger partial charge in [-0.2, -0.15) is 0 Å². The van der Waals surface area contributed by atoms with E-state index in [4.69, 9.17) is 0 Å². The Morgan fingerprint density at radius 2 is 2.29 bits per heavy atom. The summed E-state index contributed by atoms with van der Waals surface area (Å²) in [6.07, 6.45) is 0.444. The predicted molar refractivity (Wildman–Crippen MR) is 55.1 cm³/mol. The summed E-state index contributed by atoms with van der Waals surface area (Å²) >= 11 is 0. The smallest absolute Gasteiger partial charge is 0.482 e. The van der Waals surface area contributed by atoms with Crippen molar-refractivity contribution in [1.82, 2.24) is 0 Å². The first kappa shape index (κ1) is 10.6. The minimum Gasteiger partial charge on any atom is -0.508 e. The van der Waals surface area contributed by atoms with Crippen LogP contribution in [0.5, 0.6) is 5.75 Å². The van der Waals surface area contributed by atoms with Gasteiger partial charge in [0, 0.05) is 0 Å². The Morgan fingerprint density at radius 1 is 1.57 bits per heavy atom. The third-order valence-corrected chi connectivity index (χ3v) is 2.16. The predicted octanol–water partition coefficient (Wildman–Crippen LogP) is 2.03. The van der Waals surface area contributed by atoms with Crippen LogP contribution in [0.25, 0.3) is 0 Å². The van der Waals surface area contributed by atoms with Gasteiger partial charge in [0.15, 0.2) is 7.11 Å². The molecule has 3 heteroatoms. The lowest BCUT2D eigenvalue weighted by atomic mass is 9.98. The lowest BCUT2D eigenvalue weighted by Gasteiger charge is -2.07. The number of methoxy groups -OCH3 is 1. The molecule has 1 aromatic rings. The molecule has 1 aromatic carbocycles. The van der Waals surface area contributed by atoms with Gasteiger partial charge in [-0.15, -0.1) is 0 Å². The van der Waals surface area contributed by atoms with Gasteiger partial charge in [-0.3, -0.25) is 0 Å². The van der Waals surface area contributed by atoms with Crippen molar-refractivity contribution in [1.29, 1.82) is 0 Å². The van der Waals surface area contributed by atoms with Crippen molar-refractivity contribution in [3.05, 3.63) is 29.8 Å². The van der Waals surface area contributed by atoms with Crippen LogP contribution in [-0.4, -0.2) is 23.0 Å². The van der Waals surface area contributed by atoms with Gasteiger partial charge in [-0.1, -0.05) is 19.1 Å². The second kappa shape index (κ2) is 4.65. The number of aromatic hydroxyl groups is 1. The molecule has 0 saturated carbocycles. The van der Waals surface area contributed by atoms with E-state index >= 15 is 0 Å². The van der Waals surface area contributed by atoms with E-state index in [1.807, 2.05) is 13.0 Å². The molecule has 2 N–H and O–H groups in total. The van der Waals surface area contributed by atoms with Crippen LogP contribution >= 0.6 is 0 Å². The van der Waals surface area contributed by atoms with Crippen LogP contribution in [0.2, 0.25) is 0 Å². The van der Waals surface area contributed by atoms with Gasteiger partial charge in [0.25, 0.3) is 0 Å². The number of carbonyl (C=O) groups excluding carboxylic acids is 1. The molecule has 76 valence electrons. The number of benzene rings is 1. The minimum atomic E-state index is 0.0147. The summed E-state index contributed by atoms with van der Waals surface area (Å²) in [7, 11) is 1.44. The highest BCUT2D eigenvalue weighted by atomic mass is 16.5. The zero-order chi connectivity index (χ0) is 10.6. The molecule has 0 heterocycles. The van der Waals surface area contributed by atoms with Crippen molar-refractivity contribution in [2.75, 3.05) is 7.11 Å². The van der Waals surface area contributed by atoms with Crippen LogP contribution in [0, 0.1) is 0 Å². The number of hydrogen-bond donors (Lipinski definition) is 1.